The molecular formula is C14H18FNO2. The molecule has 18 heavy (non-hydrogen) atoms. The largest absolute Gasteiger partial charge is 0.396 e. The molecule has 0 radical (unpaired) electrons. The number of carbonyl (C=O) groups is 1. The number of aliphatic hydroxyl groups excluding tert-OH is 1. The van der Waals surface area contributed by atoms with Gasteiger partial charge in [0, 0.05) is 19.7 Å². The average molecular weight is 251 g/mol. The van der Waals surface area contributed by atoms with Crippen LogP contribution in [0, 0.1) is 11.7 Å². The molecule has 1 aliphatic heterocycles. The molecule has 1 heterocycles. The molecule has 0 saturated carbocycles. The summed E-state index contributed by atoms with van der Waals surface area (Å²) in [5.74, 6) is -0.219. The van der Waals surface area contributed by atoms with Gasteiger partial charge in [0.2, 0.25) is 5.91 Å². The van der Waals surface area contributed by atoms with Gasteiger partial charge < -0.3 is 10.0 Å². The van der Waals surface area contributed by atoms with Crippen molar-refractivity contribution in [2.45, 2.75) is 19.3 Å². The number of rotatable bonds is 3. The van der Waals surface area contributed by atoms with Crippen LogP contribution in [-0.4, -0.2) is 35.6 Å². The number of amides is 1. The highest BCUT2D eigenvalue weighted by molar-refractivity contribution is 5.78. The third kappa shape index (κ3) is 3.07. The van der Waals surface area contributed by atoms with Gasteiger partial charge in [0.25, 0.3) is 0 Å². The molecule has 0 aromatic heterocycles. The average Bonchev–Trinajstić information content (AvgIpc) is 2.41. The lowest BCUT2D eigenvalue weighted by Gasteiger charge is -2.32. The highest BCUT2D eigenvalue weighted by atomic mass is 19.1. The molecule has 3 nitrogen and oxygen atoms in total. The highest BCUT2D eigenvalue weighted by Gasteiger charge is 2.23. The topological polar surface area (TPSA) is 40.5 Å². The predicted molar refractivity (Wildman–Crippen MR) is 66.5 cm³/mol. The van der Waals surface area contributed by atoms with E-state index in [1.54, 1.807) is 23.1 Å². The van der Waals surface area contributed by atoms with Crippen LogP contribution in [0.5, 0.6) is 0 Å². The molecular weight excluding hydrogens is 233 g/mol. The van der Waals surface area contributed by atoms with Gasteiger partial charge >= 0.3 is 0 Å². The Kier molecular flexibility index (Phi) is 4.31. The van der Waals surface area contributed by atoms with Crippen LogP contribution in [0.1, 0.15) is 18.4 Å². The van der Waals surface area contributed by atoms with Crippen molar-refractivity contribution in [1.82, 2.24) is 4.90 Å². The van der Waals surface area contributed by atoms with Crippen LogP contribution in [0.2, 0.25) is 0 Å². The summed E-state index contributed by atoms with van der Waals surface area (Å²) in [5.41, 5.74) is 0.439. The van der Waals surface area contributed by atoms with Crippen LogP contribution >= 0.6 is 0 Å². The molecule has 1 aliphatic rings. The van der Waals surface area contributed by atoms with Crippen LogP contribution in [0.3, 0.4) is 0 Å². The number of carbonyl (C=O) groups excluding carboxylic acids is 1. The number of piperidine rings is 1. The van der Waals surface area contributed by atoms with Gasteiger partial charge in [-0.3, -0.25) is 4.79 Å². The van der Waals surface area contributed by atoms with Gasteiger partial charge in [-0.25, -0.2) is 4.39 Å². The first-order valence-electron chi connectivity index (χ1n) is 6.32. The first kappa shape index (κ1) is 13.0. The molecule has 98 valence electrons. The number of aliphatic hydroxyl groups is 1. The van der Waals surface area contributed by atoms with Gasteiger partial charge in [-0.15, -0.1) is 0 Å². The van der Waals surface area contributed by atoms with Crippen LogP contribution < -0.4 is 0 Å². The summed E-state index contributed by atoms with van der Waals surface area (Å²) in [6, 6.07) is 6.36. The molecule has 0 bridgehead atoms. The maximum Gasteiger partial charge on any atom is 0.227 e. The Hall–Kier alpha value is -1.42. The van der Waals surface area contributed by atoms with E-state index in [4.69, 9.17) is 5.11 Å². The number of hydrogen-bond acceptors (Lipinski definition) is 2. The molecule has 1 saturated heterocycles. The Balaban J connectivity index is 1.97. The number of likely N-dealkylation sites (tertiary alicyclic amines) is 1. The Morgan fingerprint density at radius 1 is 1.44 bits per heavy atom. The number of hydrogen-bond donors (Lipinski definition) is 1. The van der Waals surface area contributed by atoms with Crippen molar-refractivity contribution < 1.29 is 14.3 Å². The van der Waals surface area contributed by atoms with Crippen LogP contribution in [0.4, 0.5) is 4.39 Å². The summed E-state index contributed by atoms with van der Waals surface area (Å²) < 4.78 is 13.4. The second-order valence-corrected chi connectivity index (χ2v) is 4.80. The third-order valence-corrected chi connectivity index (χ3v) is 3.43. The van der Waals surface area contributed by atoms with Crippen molar-refractivity contribution in [3.05, 3.63) is 35.6 Å². The zero-order valence-corrected chi connectivity index (χ0v) is 10.3. The lowest BCUT2D eigenvalue weighted by Crippen LogP contribution is -2.41. The molecule has 1 N–H and O–H groups in total. The van der Waals surface area contributed by atoms with Crippen LogP contribution in [0.15, 0.2) is 24.3 Å². The molecule has 1 aromatic carbocycles. The molecule has 1 atom stereocenters. The van der Waals surface area contributed by atoms with Gasteiger partial charge in [-0.05, 0) is 30.4 Å². The lowest BCUT2D eigenvalue weighted by molar-refractivity contribution is -0.132. The van der Waals surface area contributed by atoms with E-state index < -0.39 is 0 Å². The maximum atomic E-state index is 13.4. The molecule has 2 rings (SSSR count). The number of nitrogens with zero attached hydrogens (tertiary/aromatic N) is 1. The minimum Gasteiger partial charge on any atom is -0.396 e. The molecule has 1 amide bonds. The van der Waals surface area contributed by atoms with E-state index in [2.05, 4.69) is 0 Å². The molecule has 0 aliphatic carbocycles. The van der Waals surface area contributed by atoms with Gasteiger partial charge in [-0.2, -0.15) is 0 Å². The zero-order valence-electron chi connectivity index (χ0n) is 10.3. The first-order valence-corrected chi connectivity index (χ1v) is 6.32. The maximum absolute atomic E-state index is 13.4. The van der Waals surface area contributed by atoms with E-state index in [0.29, 0.717) is 18.7 Å². The monoisotopic (exact) mass is 251 g/mol. The Bertz CT molecular complexity index is 422. The molecule has 4 heteroatoms. The van der Waals surface area contributed by atoms with Crippen molar-refractivity contribution in [2.75, 3.05) is 19.7 Å². The van der Waals surface area contributed by atoms with Crippen molar-refractivity contribution in [3.8, 4) is 0 Å². The third-order valence-electron chi connectivity index (χ3n) is 3.43. The second-order valence-electron chi connectivity index (χ2n) is 4.80. The molecule has 0 spiro atoms. The predicted octanol–water partition coefficient (Wildman–Crippen LogP) is 1.60. The van der Waals surface area contributed by atoms with E-state index in [1.807, 2.05) is 0 Å². The fourth-order valence-corrected chi connectivity index (χ4v) is 2.36. The number of benzene rings is 1. The van der Waals surface area contributed by atoms with Gasteiger partial charge in [0.1, 0.15) is 5.82 Å². The fourth-order valence-electron chi connectivity index (χ4n) is 2.36. The normalized spacial score (nSPS) is 19.9. The van der Waals surface area contributed by atoms with Crippen molar-refractivity contribution in [3.63, 3.8) is 0 Å². The van der Waals surface area contributed by atoms with Crippen LogP contribution in [0.25, 0.3) is 0 Å². The van der Waals surface area contributed by atoms with E-state index in [1.165, 1.54) is 6.07 Å². The first-order chi connectivity index (χ1) is 8.70. The summed E-state index contributed by atoms with van der Waals surface area (Å²) in [6.45, 7) is 1.41. The summed E-state index contributed by atoms with van der Waals surface area (Å²) in [7, 11) is 0. The molecule has 1 aromatic rings. The standard InChI is InChI=1S/C14H18FNO2/c15-13-6-2-1-5-12(13)8-14(18)16-7-3-4-11(9-16)10-17/h1-2,5-6,11,17H,3-4,7-10H2. The Morgan fingerprint density at radius 3 is 2.94 bits per heavy atom. The van der Waals surface area contributed by atoms with E-state index >= 15 is 0 Å². The van der Waals surface area contributed by atoms with Crippen molar-refractivity contribution >= 4 is 5.91 Å². The second kappa shape index (κ2) is 5.96. The summed E-state index contributed by atoms with van der Waals surface area (Å²) in [5, 5.41) is 9.13. The lowest BCUT2D eigenvalue weighted by atomic mass is 9.98. The number of halogens is 1. The highest BCUT2D eigenvalue weighted by Crippen LogP contribution is 2.17. The Labute approximate surface area is 106 Å². The van der Waals surface area contributed by atoms with E-state index in [0.717, 1.165) is 12.8 Å². The summed E-state index contributed by atoms with van der Waals surface area (Å²) >= 11 is 0. The Morgan fingerprint density at radius 2 is 2.22 bits per heavy atom. The smallest absolute Gasteiger partial charge is 0.227 e. The van der Waals surface area contributed by atoms with Crippen molar-refractivity contribution in [1.29, 1.82) is 0 Å². The SMILES string of the molecule is O=C(Cc1ccccc1F)N1CCCC(CO)C1. The van der Waals surface area contributed by atoms with Gasteiger partial charge in [-0.1, -0.05) is 18.2 Å². The van der Waals surface area contributed by atoms with Gasteiger partial charge in [0.05, 0.1) is 6.42 Å². The van der Waals surface area contributed by atoms with Gasteiger partial charge in [0.15, 0.2) is 0 Å². The van der Waals surface area contributed by atoms with Crippen molar-refractivity contribution in [2.24, 2.45) is 5.92 Å². The summed E-state index contributed by atoms with van der Waals surface area (Å²) in [6.07, 6.45) is 1.97. The van der Waals surface area contributed by atoms with Crippen LogP contribution in [-0.2, 0) is 11.2 Å². The minimum atomic E-state index is -0.332. The fraction of sp³-hybridized carbons (Fsp3) is 0.500. The molecule has 1 unspecified atom stereocenters. The summed E-state index contributed by atoms with van der Waals surface area (Å²) in [4.78, 5) is 13.8. The minimum absolute atomic E-state index is 0.0572. The van der Waals surface area contributed by atoms with E-state index in [-0.39, 0.29) is 30.7 Å². The van der Waals surface area contributed by atoms with E-state index in [9.17, 15) is 9.18 Å². The zero-order chi connectivity index (χ0) is 13.0. The molecule has 1 fully saturated rings. The quantitative estimate of drug-likeness (QED) is 0.886.